The van der Waals surface area contributed by atoms with E-state index in [9.17, 15) is 4.79 Å². The van der Waals surface area contributed by atoms with Crippen molar-refractivity contribution < 1.29 is 9.53 Å². The second-order valence-corrected chi connectivity index (χ2v) is 5.72. The van der Waals surface area contributed by atoms with Crippen molar-refractivity contribution >= 4 is 40.9 Å². The van der Waals surface area contributed by atoms with Gasteiger partial charge in [-0.25, -0.2) is 0 Å². The minimum Gasteiger partial charge on any atom is -0.378 e. The van der Waals surface area contributed by atoms with Crippen LogP contribution in [0.2, 0.25) is 10.0 Å². The van der Waals surface area contributed by atoms with Gasteiger partial charge in [-0.1, -0.05) is 23.2 Å². The van der Waals surface area contributed by atoms with Crippen LogP contribution in [0.3, 0.4) is 0 Å². The van der Waals surface area contributed by atoms with Crippen molar-refractivity contribution in [2.75, 3.05) is 32.1 Å². The van der Waals surface area contributed by atoms with E-state index in [-0.39, 0.29) is 5.91 Å². The van der Waals surface area contributed by atoms with Gasteiger partial charge in [0, 0.05) is 23.0 Å². The summed E-state index contributed by atoms with van der Waals surface area (Å²) in [6.45, 7) is 2.58. The van der Waals surface area contributed by atoms with E-state index in [1.165, 1.54) is 11.8 Å². The van der Waals surface area contributed by atoms with Crippen molar-refractivity contribution in [1.29, 1.82) is 0 Å². The van der Waals surface area contributed by atoms with Crippen molar-refractivity contribution in [3.05, 3.63) is 28.2 Å². The second-order valence-electron chi connectivity index (χ2n) is 3.86. The lowest BCUT2D eigenvalue weighted by Crippen LogP contribution is -2.41. The van der Waals surface area contributed by atoms with Gasteiger partial charge >= 0.3 is 0 Å². The minimum atomic E-state index is 0.111. The molecular weight excluding hydrogens is 293 g/mol. The summed E-state index contributed by atoms with van der Waals surface area (Å²) in [6, 6.07) is 5.25. The fraction of sp³-hybridized carbons (Fsp3) is 0.417. The van der Waals surface area contributed by atoms with Gasteiger partial charge in [0.15, 0.2) is 0 Å². The number of carbonyl (C=O) groups excluding carboxylic acids is 1. The lowest BCUT2D eigenvalue weighted by Gasteiger charge is -2.26. The van der Waals surface area contributed by atoms with Crippen molar-refractivity contribution in [1.82, 2.24) is 4.90 Å². The normalized spacial score (nSPS) is 15.8. The Hall–Kier alpha value is -0.420. The molecule has 3 nitrogen and oxygen atoms in total. The van der Waals surface area contributed by atoms with Gasteiger partial charge in [-0.2, -0.15) is 0 Å². The van der Waals surface area contributed by atoms with Gasteiger partial charge in [-0.3, -0.25) is 4.79 Å². The van der Waals surface area contributed by atoms with Crippen molar-refractivity contribution in [3.63, 3.8) is 0 Å². The van der Waals surface area contributed by atoms with Crippen molar-refractivity contribution in [3.8, 4) is 0 Å². The van der Waals surface area contributed by atoms with E-state index in [2.05, 4.69) is 0 Å². The van der Waals surface area contributed by atoms with Crippen LogP contribution in [0.4, 0.5) is 0 Å². The van der Waals surface area contributed by atoms with Gasteiger partial charge < -0.3 is 9.64 Å². The number of amides is 1. The van der Waals surface area contributed by atoms with Gasteiger partial charge in [-0.15, -0.1) is 11.8 Å². The van der Waals surface area contributed by atoms with E-state index in [0.29, 0.717) is 42.1 Å². The molecule has 0 atom stereocenters. The molecule has 2 rings (SSSR count). The van der Waals surface area contributed by atoms with Crippen LogP contribution in [0.25, 0.3) is 0 Å². The van der Waals surface area contributed by atoms with Gasteiger partial charge in [0.1, 0.15) is 0 Å². The third-order valence-electron chi connectivity index (χ3n) is 2.61. The molecule has 0 saturated carbocycles. The summed E-state index contributed by atoms with van der Waals surface area (Å²) in [5, 5.41) is 1.25. The van der Waals surface area contributed by atoms with Crippen LogP contribution in [-0.2, 0) is 9.53 Å². The molecule has 0 aliphatic carbocycles. The molecule has 0 radical (unpaired) electrons. The number of ether oxygens (including phenoxy) is 1. The molecule has 0 aromatic heterocycles. The summed E-state index contributed by atoms with van der Waals surface area (Å²) in [6.07, 6.45) is 0. The molecule has 1 saturated heterocycles. The maximum absolute atomic E-state index is 11.9. The maximum atomic E-state index is 11.9. The van der Waals surface area contributed by atoms with Crippen LogP contribution in [0, 0.1) is 0 Å². The summed E-state index contributed by atoms with van der Waals surface area (Å²) >= 11 is 13.4. The monoisotopic (exact) mass is 305 g/mol. The molecular formula is C12H13Cl2NO2S. The predicted molar refractivity (Wildman–Crippen MR) is 74.6 cm³/mol. The van der Waals surface area contributed by atoms with Crippen molar-refractivity contribution in [2.24, 2.45) is 0 Å². The van der Waals surface area contributed by atoms with E-state index in [0.717, 1.165) is 4.90 Å². The molecule has 1 aromatic rings. The number of benzene rings is 1. The van der Waals surface area contributed by atoms with Crippen LogP contribution in [0.5, 0.6) is 0 Å². The number of hydrogen-bond donors (Lipinski definition) is 0. The van der Waals surface area contributed by atoms with Crippen LogP contribution in [0.15, 0.2) is 23.1 Å². The fourth-order valence-corrected chi connectivity index (χ4v) is 3.03. The van der Waals surface area contributed by atoms with Crippen LogP contribution >= 0.6 is 35.0 Å². The van der Waals surface area contributed by atoms with E-state index in [1.54, 1.807) is 18.2 Å². The molecule has 6 heteroatoms. The highest BCUT2D eigenvalue weighted by atomic mass is 35.5. The molecule has 18 heavy (non-hydrogen) atoms. The van der Waals surface area contributed by atoms with Gasteiger partial charge in [0.2, 0.25) is 5.91 Å². The summed E-state index contributed by atoms with van der Waals surface area (Å²) in [5.41, 5.74) is 0. The lowest BCUT2D eigenvalue weighted by atomic mass is 10.4. The molecule has 0 bridgehead atoms. The van der Waals surface area contributed by atoms with Gasteiger partial charge in [0.05, 0.1) is 24.0 Å². The Kier molecular flexibility index (Phi) is 5.18. The molecule has 98 valence electrons. The van der Waals surface area contributed by atoms with Crippen LogP contribution in [-0.4, -0.2) is 42.9 Å². The number of halogens is 2. The maximum Gasteiger partial charge on any atom is 0.233 e. The van der Waals surface area contributed by atoms with Crippen LogP contribution < -0.4 is 0 Å². The molecule has 0 unspecified atom stereocenters. The highest BCUT2D eigenvalue weighted by Crippen LogP contribution is 2.29. The Balaban J connectivity index is 1.90. The summed E-state index contributed by atoms with van der Waals surface area (Å²) in [5.74, 6) is 0.486. The second kappa shape index (κ2) is 6.66. The topological polar surface area (TPSA) is 29.5 Å². The van der Waals surface area contributed by atoms with E-state index in [4.69, 9.17) is 27.9 Å². The SMILES string of the molecule is O=C(CSc1cc(Cl)ccc1Cl)N1CCOCC1. The first-order valence-corrected chi connectivity index (χ1v) is 7.34. The number of thioether (sulfide) groups is 1. The van der Waals surface area contributed by atoms with Gasteiger partial charge in [-0.05, 0) is 18.2 Å². The molecule has 1 aliphatic heterocycles. The van der Waals surface area contributed by atoms with Crippen molar-refractivity contribution in [2.45, 2.75) is 4.90 Å². The fourth-order valence-electron chi connectivity index (χ4n) is 1.63. The minimum absolute atomic E-state index is 0.111. The molecule has 1 heterocycles. The number of hydrogen-bond acceptors (Lipinski definition) is 3. The predicted octanol–water partition coefficient (Wildman–Crippen LogP) is 2.94. The van der Waals surface area contributed by atoms with Crippen LogP contribution in [0.1, 0.15) is 0 Å². The van der Waals surface area contributed by atoms with E-state index < -0.39 is 0 Å². The third kappa shape index (κ3) is 3.79. The Morgan fingerprint density at radius 1 is 1.33 bits per heavy atom. The quantitative estimate of drug-likeness (QED) is 0.804. The zero-order valence-corrected chi connectivity index (χ0v) is 12.0. The molecule has 1 aromatic carbocycles. The average Bonchev–Trinajstić information content (AvgIpc) is 2.40. The molecule has 1 fully saturated rings. The lowest BCUT2D eigenvalue weighted by molar-refractivity contribution is -0.132. The number of nitrogens with zero attached hydrogens (tertiary/aromatic N) is 1. The first-order chi connectivity index (χ1) is 8.66. The highest BCUT2D eigenvalue weighted by molar-refractivity contribution is 8.00. The third-order valence-corrected chi connectivity index (χ3v) is 4.32. The first kappa shape index (κ1) is 14.0. The largest absolute Gasteiger partial charge is 0.378 e. The number of rotatable bonds is 3. The Labute approximate surface area is 120 Å². The summed E-state index contributed by atoms with van der Waals surface area (Å²) in [4.78, 5) is 14.6. The zero-order valence-electron chi connectivity index (χ0n) is 9.70. The molecule has 0 N–H and O–H groups in total. The summed E-state index contributed by atoms with van der Waals surface area (Å²) < 4.78 is 5.21. The number of carbonyl (C=O) groups is 1. The zero-order chi connectivity index (χ0) is 13.0. The average molecular weight is 306 g/mol. The highest BCUT2D eigenvalue weighted by Gasteiger charge is 2.17. The first-order valence-electron chi connectivity index (χ1n) is 5.60. The molecule has 1 aliphatic rings. The smallest absolute Gasteiger partial charge is 0.233 e. The van der Waals surface area contributed by atoms with E-state index in [1.807, 2.05) is 4.90 Å². The molecule has 0 spiro atoms. The Morgan fingerprint density at radius 2 is 2.06 bits per heavy atom. The van der Waals surface area contributed by atoms with E-state index >= 15 is 0 Å². The number of morpholine rings is 1. The standard InChI is InChI=1S/C12H13Cl2NO2S/c13-9-1-2-10(14)11(7-9)18-8-12(16)15-3-5-17-6-4-15/h1-2,7H,3-6,8H2. The molecule has 1 amide bonds. The Morgan fingerprint density at radius 3 is 2.78 bits per heavy atom. The van der Waals surface area contributed by atoms with Gasteiger partial charge in [0.25, 0.3) is 0 Å². The Bertz CT molecular complexity index is 436. The summed E-state index contributed by atoms with van der Waals surface area (Å²) in [7, 11) is 0.